The van der Waals surface area contributed by atoms with Crippen molar-refractivity contribution in [1.29, 1.82) is 0 Å². The minimum atomic E-state index is -4.66. The van der Waals surface area contributed by atoms with E-state index in [4.69, 9.17) is 27.9 Å². The zero-order valence-corrected chi connectivity index (χ0v) is 21.7. The molecule has 4 rings (SSSR count). The minimum Gasteiger partial charge on any atom is -0.457 e. The van der Waals surface area contributed by atoms with E-state index < -0.39 is 28.7 Å². The van der Waals surface area contributed by atoms with Crippen molar-refractivity contribution in [3.05, 3.63) is 112 Å². The van der Waals surface area contributed by atoms with Gasteiger partial charge in [-0.15, -0.1) is 0 Å². The number of carbonyl (C=O) groups is 2. The normalized spacial score (nSPS) is 11.2. The molecule has 0 aliphatic rings. The smallest absolute Gasteiger partial charge is 0.417 e. The summed E-state index contributed by atoms with van der Waals surface area (Å²) in [7, 11) is 0. The Morgan fingerprint density at radius 2 is 1.55 bits per heavy atom. The Morgan fingerprint density at radius 3 is 2.27 bits per heavy atom. The number of nitrogens with one attached hydrogen (secondary N) is 3. The van der Waals surface area contributed by atoms with E-state index >= 15 is 0 Å². The Hall–Kier alpha value is -4.61. The molecule has 0 saturated carbocycles. The predicted octanol–water partition coefficient (Wildman–Crippen LogP) is 7.61. The average molecular weight is 588 g/mol. The van der Waals surface area contributed by atoms with Crippen molar-refractivity contribution in [2.45, 2.75) is 6.18 Å². The summed E-state index contributed by atoms with van der Waals surface area (Å²) in [4.78, 5) is 28.7. The first-order valence-electron chi connectivity index (χ1n) is 11.3. The number of carbonyl (C=O) groups excluding carboxylic acids is 2. The van der Waals surface area contributed by atoms with Gasteiger partial charge in [0.25, 0.3) is 5.91 Å². The lowest BCUT2D eigenvalue weighted by molar-refractivity contribution is -0.137. The van der Waals surface area contributed by atoms with Crippen LogP contribution >= 0.6 is 23.2 Å². The number of nitrogens with zero attached hydrogens (tertiary/aromatic N) is 2. The summed E-state index contributed by atoms with van der Waals surface area (Å²) in [6.45, 7) is 0. The Balaban J connectivity index is 1.33. The van der Waals surface area contributed by atoms with Gasteiger partial charge in [0.05, 0.1) is 16.8 Å². The summed E-state index contributed by atoms with van der Waals surface area (Å²) in [5, 5.41) is 8.73. The lowest BCUT2D eigenvalue weighted by Gasteiger charge is -2.12. The maximum absolute atomic E-state index is 13.0. The van der Waals surface area contributed by atoms with Crippen molar-refractivity contribution in [3.63, 3.8) is 0 Å². The van der Waals surface area contributed by atoms with Crippen LogP contribution in [0.25, 0.3) is 0 Å². The summed E-state index contributed by atoms with van der Waals surface area (Å²) in [5.41, 5.74) is 2.26. The second kappa shape index (κ2) is 12.5. The number of benzene rings is 3. The van der Waals surface area contributed by atoms with Gasteiger partial charge in [0, 0.05) is 34.2 Å². The number of alkyl halides is 3. The number of hydrazone groups is 1. The molecule has 1 aromatic heterocycles. The predicted molar refractivity (Wildman–Crippen MR) is 146 cm³/mol. The number of rotatable bonds is 7. The van der Waals surface area contributed by atoms with Gasteiger partial charge < -0.3 is 15.4 Å². The number of halogens is 5. The number of urea groups is 1. The van der Waals surface area contributed by atoms with Crippen LogP contribution < -0.4 is 20.8 Å². The van der Waals surface area contributed by atoms with Gasteiger partial charge in [-0.3, -0.25) is 9.78 Å². The summed E-state index contributed by atoms with van der Waals surface area (Å²) in [6.07, 6.45) is -1.86. The van der Waals surface area contributed by atoms with Crippen LogP contribution in [0.5, 0.6) is 11.5 Å². The summed E-state index contributed by atoms with van der Waals surface area (Å²) in [5.74, 6) is 0.132. The number of anilines is 2. The first-order chi connectivity index (χ1) is 19.1. The molecule has 0 spiro atoms. The standard InChI is InChI=1S/C27H18Cl2F3N5O3/c28-22-4-2-1-3-16(22)15-34-37-25(38)24-14-20(11-12-33-24)40-19-8-5-17(6-9-19)35-26(39)36-18-7-10-23(29)21(13-18)27(30,31)32/h1-15H,(H,37,38)(H2,35,36,39)/b34-15+. The quantitative estimate of drug-likeness (QED) is 0.153. The van der Waals surface area contributed by atoms with Crippen LogP contribution in [0, 0.1) is 0 Å². The van der Waals surface area contributed by atoms with Crippen molar-refractivity contribution < 1.29 is 27.5 Å². The summed E-state index contributed by atoms with van der Waals surface area (Å²) < 4.78 is 44.8. The van der Waals surface area contributed by atoms with Crippen molar-refractivity contribution >= 4 is 52.7 Å². The van der Waals surface area contributed by atoms with Gasteiger partial charge in [-0.2, -0.15) is 18.3 Å². The van der Waals surface area contributed by atoms with Gasteiger partial charge in [0.15, 0.2) is 0 Å². The highest BCUT2D eigenvalue weighted by Crippen LogP contribution is 2.36. The van der Waals surface area contributed by atoms with Crippen molar-refractivity contribution in [2.24, 2.45) is 5.10 Å². The van der Waals surface area contributed by atoms with Crippen molar-refractivity contribution in [2.75, 3.05) is 10.6 Å². The third kappa shape index (κ3) is 7.71. The molecule has 204 valence electrons. The molecule has 1 heterocycles. The maximum atomic E-state index is 13.0. The molecule has 4 aromatic rings. The fourth-order valence-corrected chi connectivity index (χ4v) is 3.66. The zero-order chi connectivity index (χ0) is 28.7. The Labute approximate surface area is 235 Å². The van der Waals surface area contributed by atoms with E-state index in [0.717, 1.165) is 12.1 Å². The van der Waals surface area contributed by atoms with Gasteiger partial charge in [-0.25, -0.2) is 10.2 Å². The topological polar surface area (TPSA) is 105 Å². The number of ether oxygens (including phenoxy) is 1. The van der Waals surface area contributed by atoms with E-state index in [1.165, 1.54) is 36.7 Å². The van der Waals surface area contributed by atoms with Crippen molar-refractivity contribution in [3.8, 4) is 11.5 Å². The fraction of sp³-hybridized carbons (Fsp3) is 0.0370. The Morgan fingerprint density at radius 1 is 0.850 bits per heavy atom. The number of amides is 3. The number of hydrogen-bond acceptors (Lipinski definition) is 5. The fourth-order valence-electron chi connectivity index (χ4n) is 3.25. The Bertz CT molecular complexity index is 1560. The Kier molecular flexibility index (Phi) is 8.87. The second-order valence-corrected chi connectivity index (χ2v) is 8.81. The van der Waals surface area contributed by atoms with E-state index in [-0.39, 0.29) is 11.4 Å². The van der Waals surface area contributed by atoms with Crippen LogP contribution in [0.4, 0.5) is 29.3 Å². The van der Waals surface area contributed by atoms with Crippen LogP contribution in [-0.2, 0) is 6.18 Å². The third-order valence-corrected chi connectivity index (χ3v) is 5.79. The molecule has 0 aliphatic carbocycles. The third-order valence-electron chi connectivity index (χ3n) is 5.12. The van der Waals surface area contributed by atoms with E-state index in [2.05, 4.69) is 26.1 Å². The van der Waals surface area contributed by atoms with Crippen LogP contribution in [0.3, 0.4) is 0 Å². The molecule has 40 heavy (non-hydrogen) atoms. The molecule has 0 radical (unpaired) electrons. The molecule has 0 atom stereocenters. The highest BCUT2D eigenvalue weighted by molar-refractivity contribution is 6.33. The highest BCUT2D eigenvalue weighted by atomic mass is 35.5. The second-order valence-electron chi connectivity index (χ2n) is 8.00. The van der Waals surface area contributed by atoms with Crippen LogP contribution in [0.2, 0.25) is 10.0 Å². The molecule has 0 fully saturated rings. The lowest BCUT2D eigenvalue weighted by Crippen LogP contribution is -2.19. The van der Waals surface area contributed by atoms with Gasteiger partial charge in [0.1, 0.15) is 17.2 Å². The molecule has 3 amide bonds. The number of hydrogen-bond donors (Lipinski definition) is 3. The van der Waals surface area contributed by atoms with E-state index in [9.17, 15) is 22.8 Å². The van der Waals surface area contributed by atoms with Gasteiger partial charge in [-0.1, -0.05) is 41.4 Å². The first kappa shape index (κ1) is 28.4. The molecular formula is C27H18Cl2F3N5O3. The monoisotopic (exact) mass is 587 g/mol. The molecule has 8 nitrogen and oxygen atoms in total. The molecule has 3 aromatic carbocycles. The molecule has 13 heteroatoms. The van der Waals surface area contributed by atoms with Crippen LogP contribution in [-0.4, -0.2) is 23.1 Å². The van der Waals surface area contributed by atoms with E-state index in [1.54, 1.807) is 42.5 Å². The number of pyridine rings is 1. The maximum Gasteiger partial charge on any atom is 0.417 e. The summed E-state index contributed by atoms with van der Waals surface area (Å²) >= 11 is 11.6. The largest absolute Gasteiger partial charge is 0.457 e. The average Bonchev–Trinajstić information content (AvgIpc) is 2.91. The lowest BCUT2D eigenvalue weighted by atomic mass is 10.2. The zero-order valence-electron chi connectivity index (χ0n) is 20.2. The minimum absolute atomic E-state index is 0.0552. The van der Waals surface area contributed by atoms with E-state index in [1.807, 2.05) is 0 Å². The van der Waals surface area contributed by atoms with E-state index in [0.29, 0.717) is 27.8 Å². The molecule has 3 N–H and O–H groups in total. The SMILES string of the molecule is O=C(Nc1ccc(Oc2ccnc(C(=O)N/N=C/c3ccccc3Cl)c2)cc1)Nc1ccc(Cl)c(C(F)(F)F)c1. The van der Waals surface area contributed by atoms with Gasteiger partial charge in [-0.05, 0) is 54.6 Å². The van der Waals surface area contributed by atoms with Crippen molar-refractivity contribution in [1.82, 2.24) is 10.4 Å². The first-order valence-corrected chi connectivity index (χ1v) is 12.1. The number of aromatic nitrogens is 1. The molecule has 0 bridgehead atoms. The summed E-state index contributed by atoms with van der Waals surface area (Å²) in [6, 6.07) is 18.4. The van der Waals surface area contributed by atoms with Crippen LogP contribution in [0.15, 0.2) is 90.2 Å². The molecular weight excluding hydrogens is 570 g/mol. The van der Waals surface area contributed by atoms with Gasteiger partial charge >= 0.3 is 12.2 Å². The molecule has 0 aliphatic heterocycles. The van der Waals surface area contributed by atoms with Crippen LogP contribution in [0.1, 0.15) is 21.6 Å². The van der Waals surface area contributed by atoms with Gasteiger partial charge in [0.2, 0.25) is 0 Å². The molecule has 0 saturated heterocycles. The highest BCUT2D eigenvalue weighted by Gasteiger charge is 2.33. The molecule has 0 unspecified atom stereocenters.